The van der Waals surface area contributed by atoms with Crippen molar-refractivity contribution >= 4 is 54.2 Å². The maximum Gasteiger partial charge on any atom is 0.260 e. The number of sulfonamides is 1. The zero-order chi connectivity index (χ0) is 27.6. The first-order chi connectivity index (χ1) is 18.8. The predicted octanol–water partition coefficient (Wildman–Crippen LogP) is 6.84. The third-order valence-electron chi connectivity index (χ3n) is 7.16. The van der Waals surface area contributed by atoms with E-state index in [-0.39, 0.29) is 23.4 Å². The molecule has 0 N–H and O–H groups in total. The molecule has 10 heteroatoms. The van der Waals surface area contributed by atoms with Gasteiger partial charge in [-0.25, -0.2) is 13.4 Å². The van der Waals surface area contributed by atoms with Gasteiger partial charge in [0.15, 0.2) is 5.13 Å². The van der Waals surface area contributed by atoms with E-state index < -0.39 is 10.0 Å². The van der Waals surface area contributed by atoms with Crippen molar-refractivity contribution in [3.05, 3.63) is 82.6 Å². The second-order valence-electron chi connectivity index (χ2n) is 9.80. The predicted molar refractivity (Wildman–Crippen MR) is 157 cm³/mol. The van der Waals surface area contributed by atoms with E-state index >= 15 is 0 Å². The van der Waals surface area contributed by atoms with Crippen LogP contribution in [0.2, 0.25) is 5.02 Å². The lowest BCUT2D eigenvalue weighted by Gasteiger charge is -2.32. The van der Waals surface area contributed by atoms with Crippen molar-refractivity contribution in [3.63, 3.8) is 0 Å². The van der Waals surface area contributed by atoms with Crippen LogP contribution < -0.4 is 4.90 Å². The van der Waals surface area contributed by atoms with Crippen molar-refractivity contribution in [2.24, 2.45) is 0 Å². The highest BCUT2D eigenvalue weighted by Gasteiger charge is 2.31. The molecule has 5 rings (SSSR count). The second-order valence-corrected chi connectivity index (χ2v) is 13.1. The molecule has 4 aromatic rings. The Bertz CT molecular complexity index is 1570. The number of thiazole rings is 1. The first kappa shape index (κ1) is 27.7. The summed E-state index contributed by atoms with van der Waals surface area (Å²) in [6.45, 7) is 4.46. The number of carbonyl (C=O) groups excluding carboxylic acids is 1. The Labute approximate surface area is 238 Å². The summed E-state index contributed by atoms with van der Waals surface area (Å²) >= 11 is 7.66. The van der Waals surface area contributed by atoms with Gasteiger partial charge in [0.05, 0.1) is 27.4 Å². The van der Waals surface area contributed by atoms with Crippen molar-refractivity contribution in [2.75, 3.05) is 11.4 Å². The molecule has 1 fully saturated rings. The number of fused-ring (bicyclic) bond motifs is 1. The minimum Gasteiger partial charge on any atom is -0.278 e. The molecule has 7 nitrogen and oxygen atoms in total. The Hall–Kier alpha value is -2.85. The van der Waals surface area contributed by atoms with Gasteiger partial charge in [0, 0.05) is 29.4 Å². The van der Waals surface area contributed by atoms with Crippen LogP contribution in [0.5, 0.6) is 0 Å². The molecular formula is C29H31ClN4O3S2. The van der Waals surface area contributed by atoms with E-state index in [1.165, 1.54) is 23.5 Å². The maximum atomic E-state index is 13.9. The third kappa shape index (κ3) is 5.87. The fourth-order valence-electron chi connectivity index (χ4n) is 5.19. The highest BCUT2D eigenvalue weighted by molar-refractivity contribution is 7.89. The zero-order valence-electron chi connectivity index (χ0n) is 22.0. The SMILES string of the molecule is CCN(C1CCCCC1)S(=O)(=O)c1ccc(C(=O)N(Cc2ccccn2)c2nc3c(C)cc(Cl)cc3s2)cc1. The van der Waals surface area contributed by atoms with Gasteiger partial charge in [-0.15, -0.1) is 0 Å². The third-order valence-corrected chi connectivity index (χ3v) is 10.4. The van der Waals surface area contributed by atoms with Crippen LogP contribution in [0.4, 0.5) is 5.13 Å². The number of halogens is 1. The largest absolute Gasteiger partial charge is 0.278 e. The number of carbonyl (C=O) groups is 1. The summed E-state index contributed by atoms with van der Waals surface area (Å²) in [7, 11) is -3.66. The number of benzene rings is 2. The van der Waals surface area contributed by atoms with E-state index in [1.807, 2.05) is 44.2 Å². The van der Waals surface area contributed by atoms with Crippen molar-refractivity contribution in [2.45, 2.75) is 63.4 Å². The molecule has 1 aliphatic carbocycles. The lowest BCUT2D eigenvalue weighted by Crippen LogP contribution is -2.41. The number of anilines is 1. The van der Waals surface area contributed by atoms with Gasteiger partial charge in [-0.05, 0) is 73.9 Å². The Morgan fingerprint density at radius 1 is 1.08 bits per heavy atom. The van der Waals surface area contributed by atoms with Crippen LogP contribution in [-0.4, -0.2) is 41.2 Å². The Balaban J connectivity index is 1.47. The molecule has 1 aliphatic rings. The van der Waals surface area contributed by atoms with Gasteiger partial charge < -0.3 is 0 Å². The minimum atomic E-state index is -3.66. The van der Waals surface area contributed by atoms with Crippen LogP contribution in [0.1, 0.15) is 60.6 Å². The van der Waals surface area contributed by atoms with E-state index in [2.05, 4.69) is 4.98 Å². The molecule has 0 radical (unpaired) electrons. The van der Waals surface area contributed by atoms with Gasteiger partial charge in [0.1, 0.15) is 0 Å². The molecule has 39 heavy (non-hydrogen) atoms. The average Bonchev–Trinajstić information content (AvgIpc) is 3.37. The van der Waals surface area contributed by atoms with Gasteiger partial charge in [-0.2, -0.15) is 4.31 Å². The first-order valence-electron chi connectivity index (χ1n) is 13.2. The van der Waals surface area contributed by atoms with Gasteiger partial charge in [-0.3, -0.25) is 14.7 Å². The van der Waals surface area contributed by atoms with Crippen molar-refractivity contribution < 1.29 is 13.2 Å². The van der Waals surface area contributed by atoms with Gasteiger partial charge >= 0.3 is 0 Å². The van der Waals surface area contributed by atoms with Crippen molar-refractivity contribution in [3.8, 4) is 0 Å². The molecule has 0 saturated heterocycles. The highest BCUT2D eigenvalue weighted by atomic mass is 35.5. The molecule has 1 saturated carbocycles. The monoisotopic (exact) mass is 582 g/mol. The molecule has 204 valence electrons. The summed E-state index contributed by atoms with van der Waals surface area (Å²) in [6.07, 6.45) is 6.71. The van der Waals surface area contributed by atoms with Crippen LogP contribution in [0.25, 0.3) is 10.2 Å². The molecular weight excluding hydrogens is 552 g/mol. The number of hydrogen-bond acceptors (Lipinski definition) is 6. The Morgan fingerprint density at radius 3 is 2.49 bits per heavy atom. The average molecular weight is 583 g/mol. The minimum absolute atomic E-state index is 0.0277. The van der Waals surface area contributed by atoms with Crippen LogP contribution in [0, 0.1) is 6.92 Å². The Kier molecular flexibility index (Phi) is 8.32. The summed E-state index contributed by atoms with van der Waals surface area (Å²) in [5, 5.41) is 1.14. The van der Waals surface area contributed by atoms with E-state index in [1.54, 1.807) is 27.5 Å². The summed E-state index contributed by atoms with van der Waals surface area (Å²) in [5.41, 5.74) is 2.81. The second kappa shape index (κ2) is 11.7. The topological polar surface area (TPSA) is 83.5 Å². The highest BCUT2D eigenvalue weighted by Crippen LogP contribution is 2.34. The lowest BCUT2D eigenvalue weighted by molar-refractivity contribution is 0.0984. The van der Waals surface area contributed by atoms with E-state index in [0.717, 1.165) is 47.9 Å². The van der Waals surface area contributed by atoms with E-state index in [0.29, 0.717) is 28.0 Å². The summed E-state index contributed by atoms with van der Waals surface area (Å²) < 4.78 is 29.5. The van der Waals surface area contributed by atoms with Crippen LogP contribution >= 0.6 is 22.9 Å². The molecule has 2 heterocycles. The summed E-state index contributed by atoms with van der Waals surface area (Å²) in [5.74, 6) is -0.285. The zero-order valence-corrected chi connectivity index (χ0v) is 24.4. The number of rotatable bonds is 8. The number of amides is 1. The fraction of sp³-hybridized carbons (Fsp3) is 0.345. The van der Waals surface area contributed by atoms with Gasteiger partial charge in [-0.1, -0.05) is 55.2 Å². The molecule has 2 aromatic carbocycles. The number of pyridine rings is 1. The van der Waals surface area contributed by atoms with E-state index in [4.69, 9.17) is 16.6 Å². The number of aromatic nitrogens is 2. The summed E-state index contributed by atoms with van der Waals surface area (Å²) in [4.78, 5) is 24.8. The van der Waals surface area contributed by atoms with Crippen LogP contribution in [-0.2, 0) is 16.6 Å². The van der Waals surface area contributed by atoms with Crippen LogP contribution in [0.15, 0.2) is 65.7 Å². The summed E-state index contributed by atoms with van der Waals surface area (Å²) in [6, 6.07) is 15.5. The molecule has 0 aliphatic heterocycles. The molecule has 2 aromatic heterocycles. The standard InChI is InChI=1S/C29H31ClN4O3S2/c1-3-34(24-10-5-4-6-11-24)39(36,37)25-14-12-21(13-15-25)28(35)33(19-23-9-7-8-16-31-23)29-32-27-20(2)17-22(30)18-26(27)38-29/h7-9,12-18,24H,3-6,10-11,19H2,1-2H3. The quantitative estimate of drug-likeness (QED) is 0.227. The molecule has 0 unspecified atom stereocenters. The molecule has 1 amide bonds. The maximum absolute atomic E-state index is 13.9. The number of hydrogen-bond donors (Lipinski definition) is 0. The number of nitrogens with zero attached hydrogens (tertiary/aromatic N) is 4. The van der Waals surface area contributed by atoms with Gasteiger partial charge in [0.2, 0.25) is 10.0 Å². The normalized spacial score (nSPS) is 14.7. The lowest BCUT2D eigenvalue weighted by atomic mass is 9.95. The fourth-order valence-corrected chi connectivity index (χ4v) is 8.30. The van der Waals surface area contributed by atoms with Crippen LogP contribution in [0.3, 0.4) is 0 Å². The van der Waals surface area contributed by atoms with E-state index in [9.17, 15) is 13.2 Å². The van der Waals surface area contributed by atoms with Crippen molar-refractivity contribution in [1.29, 1.82) is 0 Å². The van der Waals surface area contributed by atoms with Gasteiger partial charge in [0.25, 0.3) is 5.91 Å². The Morgan fingerprint density at radius 2 is 1.82 bits per heavy atom. The molecule has 0 atom stereocenters. The number of aryl methyl sites for hydroxylation is 1. The first-order valence-corrected chi connectivity index (χ1v) is 15.8. The molecule has 0 bridgehead atoms. The smallest absolute Gasteiger partial charge is 0.260 e. The van der Waals surface area contributed by atoms with Crippen molar-refractivity contribution in [1.82, 2.24) is 14.3 Å². The molecule has 0 spiro atoms.